The van der Waals surface area contributed by atoms with Gasteiger partial charge in [-0.25, -0.2) is 0 Å². The van der Waals surface area contributed by atoms with Gasteiger partial charge in [0.2, 0.25) is 0 Å². The molecule has 0 spiro atoms. The highest BCUT2D eigenvalue weighted by atomic mass is 16.5. The van der Waals surface area contributed by atoms with Gasteiger partial charge in [-0.05, 0) is 41.0 Å². The minimum absolute atomic E-state index is 0.0233. The average Bonchev–Trinajstić information content (AvgIpc) is 2.54. The zero-order chi connectivity index (χ0) is 15.9. The molecule has 2 aromatic carbocycles. The molecule has 116 valence electrons. The first-order valence-corrected chi connectivity index (χ1v) is 7.23. The van der Waals surface area contributed by atoms with E-state index in [1.54, 1.807) is 12.1 Å². The fraction of sp³-hybridized carbons (Fsp3) is 0.278. The number of benzene rings is 2. The van der Waals surface area contributed by atoms with Gasteiger partial charge in [-0.15, -0.1) is 0 Å². The number of ketones is 1. The van der Waals surface area contributed by atoms with Gasteiger partial charge in [-0.2, -0.15) is 0 Å². The summed E-state index contributed by atoms with van der Waals surface area (Å²) in [5, 5.41) is 20.9. The lowest BCUT2D eigenvalue weighted by Crippen LogP contribution is -2.00. The third-order valence-electron chi connectivity index (χ3n) is 3.54. The zero-order valence-electron chi connectivity index (χ0n) is 12.4. The van der Waals surface area contributed by atoms with Gasteiger partial charge >= 0.3 is 0 Å². The fourth-order valence-corrected chi connectivity index (χ4v) is 2.31. The number of ether oxygens (including phenoxy) is 1. The summed E-state index contributed by atoms with van der Waals surface area (Å²) in [6, 6.07) is 9.22. The Morgan fingerprint density at radius 1 is 1.27 bits per heavy atom. The lowest BCUT2D eigenvalue weighted by Gasteiger charge is -2.10. The van der Waals surface area contributed by atoms with Crippen molar-refractivity contribution in [3.63, 3.8) is 0 Å². The Morgan fingerprint density at radius 2 is 2.09 bits per heavy atom. The summed E-state index contributed by atoms with van der Waals surface area (Å²) in [6.45, 7) is 4.15. The third-order valence-corrected chi connectivity index (χ3v) is 3.54. The highest BCUT2D eigenvalue weighted by Gasteiger charge is 2.07. The number of rotatable bonds is 8. The SMILES string of the molecule is C=CC(=O)CCCOCc1cccc2cc(CO)c(O)cc12. The fourth-order valence-electron chi connectivity index (χ4n) is 2.31. The standard InChI is InChI=1S/C18H20O4/c1-2-16(20)7-4-8-22-12-14-6-3-5-13-9-15(11-19)18(21)10-17(13)14/h2-3,5-6,9-10,19,21H,1,4,7-8,11-12H2. The molecular weight excluding hydrogens is 280 g/mol. The number of aliphatic hydroxyl groups is 1. The first kappa shape index (κ1) is 16.2. The first-order valence-electron chi connectivity index (χ1n) is 7.23. The van der Waals surface area contributed by atoms with Gasteiger partial charge in [-0.3, -0.25) is 4.79 Å². The predicted molar refractivity (Wildman–Crippen MR) is 85.6 cm³/mol. The molecule has 0 aromatic heterocycles. The molecule has 4 heteroatoms. The van der Waals surface area contributed by atoms with Gasteiger partial charge in [-0.1, -0.05) is 24.8 Å². The number of carbonyl (C=O) groups is 1. The molecule has 0 bridgehead atoms. The van der Waals surface area contributed by atoms with Crippen LogP contribution in [0.4, 0.5) is 0 Å². The van der Waals surface area contributed by atoms with Crippen LogP contribution in [-0.4, -0.2) is 22.6 Å². The summed E-state index contributed by atoms with van der Waals surface area (Å²) < 4.78 is 5.60. The van der Waals surface area contributed by atoms with E-state index >= 15 is 0 Å². The quantitative estimate of drug-likeness (QED) is 0.581. The van der Waals surface area contributed by atoms with Crippen molar-refractivity contribution >= 4 is 16.6 Å². The van der Waals surface area contributed by atoms with Crippen molar-refractivity contribution in [1.82, 2.24) is 0 Å². The summed E-state index contributed by atoms with van der Waals surface area (Å²) in [4.78, 5) is 11.1. The smallest absolute Gasteiger partial charge is 0.155 e. The van der Waals surface area contributed by atoms with E-state index in [2.05, 4.69) is 6.58 Å². The van der Waals surface area contributed by atoms with E-state index in [1.165, 1.54) is 6.08 Å². The van der Waals surface area contributed by atoms with Crippen molar-refractivity contribution in [2.45, 2.75) is 26.1 Å². The molecule has 0 fully saturated rings. The van der Waals surface area contributed by atoms with Gasteiger partial charge in [0.15, 0.2) is 5.78 Å². The van der Waals surface area contributed by atoms with E-state index in [4.69, 9.17) is 4.74 Å². The van der Waals surface area contributed by atoms with Gasteiger partial charge in [0, 0.05) is 18.6 Å². The Morgan fingerprint density at radius 3 is 2.82 bits per heavy atom. The Bertz CT molecular complexity index is 676. The first-order chi connectivity index (χ1) is 10.7. The Kier molecular flexibility index (Phi) is 5.69. The minimum atomic E-state index is -0.195. The van der Waals surface area contributed by atoms with Crippen LogP contribution in [0.25, 0.3) is 10.8 Å². The molecule has 0 aliphatic heterocycles. The number of aliphatic hydroxyl groups excluding tert-OH is 1. The summed E-state index contributed by atoms with van der Waals surface area (Å²) in [5.41, 5.74) is 1.47. The molecule has 2 aromatic rings. The Hall–Kier alpha value is -2.17. The number of allylic oxidation sites excluding steroid dienone is 1. The molecule has 2 rings (SSSR count). The number of hydrogen-bond acceptors (Lipinski definition) is 4. The van der Waals surface area contributed by atoms with E-state index in [0.717, 1.165) is 16.3 Å². The molecule has 0 saturated heterocycles. The van der Waals surface area contributed by atoms with Crippen molar-refractivity contribution in [1.29, 1.82) is 0 Å². The highest BCUT2D eigenvalue weighted by Crippen LogP contribution is 2.28. The van der Waals surface area contributed by atoms with Crippen LogP contribution < -0.4 is 0 Å². The van der Waals surface area contributed by atoms with Crippen LogP contribution in [-0.2, 0) is 22.7 Å². The van der Waals surface area contributed by atoms with E-state index in [-0.39, 0.29) is 18.1 Å². The van der Waals surface area contributed by atoms with Gasteiger partial charge in [0.05, 0.1) is 13.2 Å². The van der Waals surface area contributed by atoms with Crippen molar-refractivity contribution in [2.24, 2.45) is 0 Å². The summed E-state index contributed by atoms with van der Waals surface area (Å²) in [5.74, 6) is 0.106. The highest BCUT2D eigenvalue weighted by molar-refractivity contribution is 5.89. The maximum atomic E-state index is 11.1. The van der Waals surface area contributed by atoms with Crippen LogP contribution in [0.15, 0.2) is 43.0 Å². The summed E-state index contributed by atoms with van der Waals surface area (Å²) in [6.07, 6.45) is 2.43. The van der Waals surface area contributed by atoms with Crippen molar-refractivity contribution in [3.05, 3.63) is 54.1 Å². The molecule has 0 radical (unpaired) electrons. The number of fused-ring (bicyclic) bond motifs is 1. The average molecular weight is 300 g/mol. The van der Waals surface area contributed by atoms with Gasteiger partial charge < -0.3 is 14.9 Å². The Balaban J connectivity index is 2.03. The van der Waals surface area contributed by atoms with Crippen molar-refractivity contribution < 1.29 is 19.7 Å². The zero-order valence-corrected chi connectivity index (χ0v) is 12.4. The molecule has 0 saturated carbocycles. The lowest BCUT2D eigenvalue weighted by atomic mass is 10.0. The molecule has 22 heavy (non-hydrogen) atoms. The second kappa shape index (κ2) is 7.73. The van der Waals surface area contributed by atoms with Crippen LogP contribution in [0.2, 0.25) is 0 Å². The molecule has 4 nitrogen and oxygen atoms in total. The number of hydrogen-bond donors (Lipinski definition) is 2. The van der Waals surface area contributed by atoms with Crippen LogP contribution >= 0.6 is 0 Å². The molecule has 0 aliphatic carbocycles. The van der Waals surface area contributed by atoms with E-state index in [9.17, 15) is 15.0 Å². The normalized spacial score (nSPS) is 10.8. The molecular formula is C18H20O4. The van der Waals surface area contributed by atoms with Gasteiger partial charge in [0.1, 0.15) is 5.75 Å². The van der Waals surface area contributed by atoms with Crippen LogP contribution in [0.5, 0.6) is 5.75 Å². The topological polar surface area (TPSA) is 66.8 Å². The van der Waals surface area contributed by atoms with Crippen molar-refractivity contribution in [3.8, 4) is 5.75 Å². The van der Waals surface area contributed by atoms with Crippen molar-refractivity contribution in [2.75, 3.05) is 6.61 Å². The second-order valence-electron chi connectivity index (χ2n) is 5.10. The summed E-state index contributed by atoms with van der Waals surface area (Å²) >= 11 is 0. The third kappa shape index (κ3) is 3.93. The maximum absolute atomic E-state index is 11.1. The van der Waals surface area contributed by atoms with Crippen LogP contribution in [0, 0.1) is 0 Å². The minimum Gasteiger partial charge on any atom is -0.508 e. The molecule has 0 aliphatic rings. The van der Waals surface area contributed by atoms with E-state index < -0.39 is 0 Å². The molecule has 2 N–H and O–H groups in total. The number of aromatic hydroxyl groups is 1. The van der Waals surface area contributed by atoms with Crippen LogP contribution in [0.1, 0.15) is 24.0 Å². The van der Waals surface area contributed by atoms with Crippen LogP contribution in [0.3, 0.4) is 0 Å². The molecule has 0 amide bonds. The van der Waals surface area contributed by atoms with E-state index in [0.29, 0.717) is 31.6 Å². The van der Waals surface area contributed by atoms with Gasteiger partial charge in [0.25, 0.3) is 0 Å². The monoisotopic (exact) mass is 300 g/mol. The Labute approximate surface area is 129 Å². The summed E-state index contributed by atoms with van der Waals surface area (Å²) in [7, 11) is 0. The second-order valence-corrected chi connectivity index (χ2v) is 5.10. The largest absolute Gasteiger partial charge is 0.508 e. The number of phenols is 1. The maximum Gasteiger partial charge on any atom is 0.155 e. The number of carbonyl (C=O) groups excluding carboxylic acids is 1. The molecule has 0 heterocycles. The lowest BCUT2D eigenvalue weighted by molar-refractivity contribution is -0.114. The van der Waals surface area contributed by atoms with E-state index in [1.807, 2.05) is 18.2 Å². The predicted octanol–water partition coefficient (Wildman–Crippen LogP) is 3.09. The molecule has 0 atom stereocenters. The molecule has 0 unspecified atom stereocenters.